The molecule has 0 saturated carbocycles. The van der Waals surface area contributed by atoms with E-state index in [-0.39, 0.29) is 27.6 Å². The Bertz CT molecular complexity index is 864. The standard InChI is InChI=1S/C16H12ClFN2O3S/c1-2-23-14(12-4-3-5-24-12)13-8-6-10(18)9(17)7-11(8)20(15(13)21)16(19)22/h3-7H,2H2,1H3,(H2,19,22)/b14-13-. The first kappa shape index (κ1) is 16.5. The molecule has 1 aliphatic heterocycles. The molecule has 0 aliphatic carbocycles. The Labute approximate surface area is 146 Å². The number of nitrogens with zero attached hydrogens (tertiary/aromatic N) is 1. The van der Waals surface area contributed by atoms with E-state index < -0.39 is 17.8 Å². The van der Waals surface area contributed by atoms with Crippen molar-refractivity contribution >= 4 is 51.9 Å². The van der Waals surface area contributed by atoms with E-state index in [1.54, 1.807) is 19.1 Å². The molecule has 0 bridgehead atoms. The van der Waals surface area contributed by atoms with Crippen molar-refractivity contribution in [3.05, 3.63) is 50.9 Å². The number of hydrogen-bond acceptors (Lipinski definition) is 4. The number of ether oxygens (including phenoxy) is 1. The lowest BCUT2D eigenvalue weighted by molar-refractivity contribution is -0.112. The van der Waals surface area contributed by atoms with Crippen LogP contribution in [-0.4, -0.2) is 18.5 Å². The Hall–Kier alpha value is -2.38. The normalized spacial score (nSPS) is 15.5. The highest BCUT2D eigenvalue weighted by Gasteiger charge is 2.39. The molecule has 0 fully saturated rings. The smallest absolute Gasteiger partial charge is 0.326 e. The van der Waals surface area contributed by atoms with Gasteiger partial charge >= 0.3 is 6.03 Å². The quantitative estimate of drug-likeness (QED) is 0.662. The van der Waals surface area contributed by atoms with E-state index in [0.717, 1.165) is 11.0 Å². The number of thiophene rings is 1. The lowest BCUT2D eigenvalue weighted by Gasteiger charge is -2.12. The van der Waals surface area contributed by atoms with Crippen molar-refractivity contribution in [2.24, 2.45) is 5.73 Å². The van der Waals surface area contributed by atoms with Gasteiger partial charge in [0.2, 0.25) is 0 Å². The van der Waals surface area contributed by atoms with Crippen molar-refractivity contribution in [1.82, 2.24) is 0 Å². The summed E-state index contributed by atoms with van der Waals surface area (Å²) in [7, 11) is 0. The summed E-state index contributed by atoms with van der Waals surface area (Å²) in [5, 5.41) is 1.62. The first-order chi connectivity index (χ1) is 11.5. The van der Waals surface area contributed by atoms with E-state index in [0.29, 0.717) is 11.5 Å². The molecule has 0 atom stereocenters. The van der Waals surface area contributed by atoms with Gasteiger partial charge in [-0.3, -0.25) is 4.79 Å². The van der Waals surface area contributed by atoms with Crippen LogP contribution in [0, 0.1) is 5.82 Å². The van der Waals surface area contributed by atoms with Crippen LogP contribution in [0.5, 0.6) is 0 Å². The maximum Gasteiger partial charge on any atom is 0.326 e. The van der Waals surface area contributed by atoms with Gasteiger partial charge in [0.25, 0.3) is 5.91 Å². The van der Waals surface area contributed by atoms with Gasteiger partial charge in [0.1, 0.15) is 11.6 Å². The molecular formula is C16H12ClFN2O3S. The number of imide groups is 1. The minimum Gasteiger partial charge on any atom is -0.492 e. The number of benzene rings is 1. The molecular weight excluding hydrogens is 355 g/mol. The fourth-order valence-electron chi connectivity index (χ4n) is 2.51. The van der Waals surface area contributed by atoms with Gasteiger partial charge < -0.3 is 10.5 Å². The van der Waals surface area contributed by atoms with Gasteiger partial charge in [-0.25, -0.2) is 14.1 Å². The van der Waals surface area contributed by atoms with Gasteiger partial charge in [-0.15, -0.1) is 11.3 Å². The maximum atomic E-state index is 14.0. The highest BCUT2D eigenvalue weighted by molar-refractivity contribution is 7.11. The topological polar surface area (TPSA) is 72.6 Å². The van der Waals surface area contributed by atoms with E-state index >= 15 is 0 Å². The molecule has 2 aromatic rings. The van der Waals surface area contributed by atoms with Gasteiger partial charge in [0.05, 0.1) is 27.8 Å². The van der Waals surface area contributed by atoms with E-state index in [1.807, 2.05) is 5.38 Å². The van der Waals surface area contributed by atoms with Crippen molar-refractivity contribution in [1.29, 1.82) is 0 Å². The van der Waals surface area contributed by atoms with Crippen LogP contribution in [0.1, 0.15) is 17.4 Å². The minimum absolute atomic E-state index is 0.0867. The summed E-state index contributed by atoms with van der Waals surface area (Å²) in [6, 6.07) is 4.92. The number of fused-ring (bicyclic) bond motifs is 1. The molecule has 0 saturated heterocycles. The van der Waals surface area contributed by atoms with Gasteiger partial charge in [-0.2, -0.15) is 0 Å². The first-order valence-corrected chi connectivity index (χ1v) is 8.25. The number of rotatable bonds is 3. The Morgan fingerprint density at radius 1 is 1.46 bits per heavy atom. The summed E-state index contributed by atoms with van der Waals surface area (Å²) >= 11 is 7.15. The second-order valence-corrected chi connectivity index (χ2v) is 6.23. The number of anilines is 1. The molecule has 1 aromatic heterocycles. The summed E-state index contributed by atoms with van der Waals surface area (Å²) in [4.78, 5) is 25.9. The summed E-state index contributed by atoms with van der Waals surface area (Å²) < 4.78 is 19.6. The van der Waals surface area contributed by atoms with Crippen molar-refractivity contribution in [3.8, 4) is 0 Å². The Morgan fingerprint density at radius 3 is 2.79 bits per heavy atom. The lowest BCUT2D eigenvalue weighted by Crippen LogP contribution is -2.38. The molecule has 0 unspecified atom stereocenters. The van der Waals surface area contributed by atoms with E-state index in [9.17, 15) is 14.0 Å². The molecule has 1 aliphatic rings. The molecule has 5 nitrogen and oxygen atoms in total. The summed E-state index contributed by atoms with van der Waals surface area (Å²) in [5.74, 6) is -1.09. The van der Waals surface area contributed by atoms with Crippen LogP contribution in [0.4, 0.5) is 14.9 Å². The summed E-state index contributed by atoms with van der Waals surface area (Å²) in [5.41, 5.74) is 5.76. The zero-order valence-corrected chi connectivity index (χ0v) is 14.1. The van der Waals surface area contributed by atoms with Gasteiger partial charge in [0.15, 0.2) is 0 Å². The van der Waals surface area contributed by atoms with E-state index in [2.05, 4.69) is 0 Å². The van der Waals surface area contributed by atoms with Crippen molar-refractivity contribution in [2.75, 3.05) is 11.5 Å². The number of halogens is 2. The lowest BCUT2D eigenvalue weighted by atomic mass is 10.0. The SMILES string of the molecule is CCO/C(=C1\C(=O)N(C(N)=O)c2cc(Cl)c(F)cc21)c1cccs1. The predicted octanol–water partition coefficient (Wildman–Crippen LogP) is 3.87. The second kappa shape index (κ2) is 6.26. The van der Waals surface area contributed by atoms with Crippen LogP contribution >= 0.6 is 22.9 Å². The maximum absolute atomic E-state index is 14.0. The van der Waals surface area contributed by atoms with E-state index in [4.69, 9.17) is 22.1 Å². The van der Waals surface area contributed by atoms with Gasteiger partial charge in [0, 0.05) is 5.56 Å². The predicted molar refractivity (Wildman–Crippen MR) is 91.2 cm³/mol. The Kier molecular flexibility index (Phi) is 4.29. The van der Waals surface area contributed by atoms with Gasteiger partial charge in [-0.05, 0) is 30.5 Å². The molecule has 124 valence electrons. The summed E-state index contributed by atoms with van der Waals surface area (Å²) in [6.07, 6.45) is 0. The molecule has 3 rings (SSSR count). The largest absolute Gasteiger partial charge is 0.492 e. The molecule has 0 radical (unpaired) electrons. The molecule has 2 heterocycles. The number of nitrogens with two attached hydrogens (primary N) is 1. The fraction of sp³-hybridized carbons (Fsp3) is 0.125. The monoisotopic (exact) mass is 366 g/mol. The van der Waals surface area contributed by atoms with Crippen molar-refractivity contribution in [2.45, 2.75) is 6.92 Å². The zero-order chi connectivity index (χ0) is 17.4. The number of primary amides is 1. The van der Waals surface area contributed by atoms with E-state index in [1.165, 1.54) is 17.4 Å². The third kappa shape index (κ3) is 2.55. The molecule has 1 aromatic carbocycles. The minimum atomic E-state index is -0.971. The number of carbonyl (C=O) groups is 2. The summed E-state index contributed by atoms with van der Waals surface area (Å²) in [6.45, 7) is 2.06. The average Bonchev–Trinajstić information content (AvgIpc) is 3.12. The van der Waals surface area contributed by atoms with Crippen LogP contribution < -0.4 is 10.6 Å². The molecule has 24 heavy (non-hydrogen) atoms. The second-order valence-electron chi connectivity index (χ2n) is 4.88. The molecule has 2 N–H and O–H groups in total. The average molecular weight is 367 g/mol. The van der Waals surface area contributed by atoms with Crippen LogP contribution in [0.15, 0.2) is 29.6 Å². The molecule has 8 heteroatoms. The Morgan fingerprint density at radius 2 is 2.21 bits per heavy atom. The van der Waals surface area contributed by atoms with Crippen LogP contribution in [-0.2, 0) is 9.53 Å². The van der Waals surface area contributed by atoms with Crippen molar-refractivity contribution < 1.29 is 18.7 Å². The van der Waals surface area contributed by atoms with Crippen molar-refractivity contribution in [3.63, 3.8) is 0 Å². The Balaban J connectivity index is 2.33. The fourth-order valence-corrected chi connectivity index (χ4v) is 3.40. The highest BCUT2D eigenvalue weighted by Crippen LogP contribution is 2.43. The molecule has 3 amide bonds. The third-order valence-corrected chi connectivity index (χ3v) is 4.61. The zero-order valence-electron chi connectivity index (χ0n) is 12.5. The van der Waals surface area contributed by atoms with Crippen LogP contribution in [0.25, 0.3) is 11.3 Å². The number of amides is 3. The third-order valence-electron chi connectivity index (χ3n) is 3.45. The van der Waals surface area contributed by atoms with Crippen LogP contribution in [0.3, 0.4) is 0 Å². The number of hydrogen-bond donors (Lipinski definition) is 1. The van der Waals surface area contributed by atoms with Crippen LogP contribution in [0.2, 0.25) is 5.02 Å². The molecule has 0 spiro atoms. The number of carbonyl (C=O) groups excluding carboxylic acids is 2. The van der Waals surface area contributed by atoms with Gasteiger partial charge in [-0.1, -0.05) is 17.7 Å². The first-order valence-electron chi connectivity index (χ1n) is 7.00. The highest BCUT2D eigenvalue weighted by atomic mass is 35.5. The number of urea groups is 1.